The molecule has 1 aromatic carbocycles. The van der Waals surface area contributed by atoms with Crippen molar-refractivity contribution in [1.29, 1.82) is 0 Å². The molecule has 4 nitrogen and oxygen atoms in total. The normalized spacial score (nSPS) is 10.4. The van der Waals surface area contributed by atoms with E-state index in [2.05, 4.69) is 4.98 Å². The van der Waals surface area contributed by atoms with Crippen molar-refractivity contribution in [1.82, 2.24) is 4.98 Å². The van der Waals surface area contributed by atoms with E-state index in [1.54, 1.807) is 17.5 Å². The van der Waals surface area contributed by atoms with Gasteiger partial charge in [-0.3, -0.25) is 4.79 Å². The highest BCUT2D eigenvalue weighted by molar-refractivity contribution is 7.09. The number of aliphatic carboxylic acids is 1. The number of para-hydroxylation sites is 1. The number of benzene rings is 1. The first-order valence-corrected chi connectivity index (χ1v) is 6.93. The molecule has 1 N–H and O–H groups in total. The summed E-state index contributed by atoms with van der Waals surface area (Å²) in [7, 11) is 0. The van der Waals surface area contributed by atoms with Gasteiger partial charge in [0.2, 0.25) is 0 Å². The van der Waals surface area contributed by atoms with E-state index in [9.17, 15) is 4.79 Å². The van der Waals surface area contributed by atoms with Gasteiger partial charge in [-0.25, -0.2) is 4.98 Å². The highest BCUT2D eigenvalue weighted by atomic mass is 35.5. The molecule has 0 atom stereocenters. The number of thiazole rings is 1. The summed E-state index contributed by atoms with van der Waals surface area (Å²) >= 11 is 7.41. The fourth-order valence-corrected chi connectivity index (χ4v) is 2.48. The monoisotopic (exact) mass is 297 g/mol. The van der Waals surface area contributed by atoms with Gasteiger partial charge in [-0.2, -0.15) is 0 Å². The molecular formula is C13H12ClNO3S. The Kier molecular flexibility index (Phi) is 4.76. The van der Waals surface area contributed by atoms with Crippen molar-refractivity contribution in [2.75, 3.05) is 6.61 Å². The molecular weight excluding hydrogens is 286 g/mol. The molecule has 0 aliphatic carbocycles. The molecule has 0 aliphatic rings. The van der Waals surface area contributed by atoms with Crippen LogP contribution in [0.5, 0.6) is 5.75 Å². The van der Waals surface area contributed by atoms with Crippen LogP contribution in [0.4, 0.5) is 0 Å². The smallest absolute Gasteiger partial charge is 0.309 e. The number of nitrogens with zero attached hydrogens (tertiary/aromatic N) is 1. The molecule has 0 spiro atoms. The van der Waals surface area contributed by atoms with Gasteiger partial charge in [0, 0.05) is 11.8 Å². The van der Waals surface area contributed by atoms with Crippen molar-refractivity contribution in [3.63, 3.8) is 0 Å². The van der Waals surface area contributed by atoms with Gasteiger partial charge in [-0.15, -0.1) is 11.3 Å². The van der Waals surface area contributed by atoms with Crippen LogP contribution < -0.4 is 4.74 Å². The maximum atomic E-state index is 10.5. The molecule has 0 amide bonds. The summed E-state index contributed by atoms with van der Waals surface area (Å²) in [6.07, 6.45) is 0.595. The van der Waals surface area contributed by atoms with Crippen molar-refractivity contribution < 1.29 is 14.6 Å². The van der Waals surface area contributed by atoms with E-state index in [0.717, 1.165) is 5.01 Å². The number of carboxylic acids is 1. The number of aromatic nitrogens is 1. The average Bonchev–Trinajstić information content (AvgIpc) is 2.78. The van der Waals surface area contributed by atoms with Gasteiger partial charge in [-0.1, -0.05) is 23.7 Å². The molecule has 2 rings (SSSR count). The summed E-state index contributed by atoms with van der Waals surface area (Å²) in [5.41, 5.74) is 0.588. The Bertz CT molecular complexity index is 571. The Morgan fingerprint density at radius 2 is 2.21 bits per heavy atom. The minimum Gasteiger partial charge on any atom is -0.492 e. The third kappa shape index (κ3) is 4.22. The average molecular weight is 298 g/mol. The summed E-state index contributed by atoms with van der Waals surface area (Å²) < 4.78 is 5.55. The van der Waals surface area contributed by atoms with Crippen LogP contribution in [0, 0.1) is 0 Å². The summed E-state index contributed by atoms with van der Waals surface area (Å²) in [6.45, 7) is 0.462. The molecule has 0 bridgehead atoms. The third-order valence-electron chi connectivity index (χ3n) is 2.34. The molecule has 0 radical (unpaired) electrons. The Morgan fingerprint density at radius 1 is 1.42 bits per heavy atom. The Hall–Kier alpha value is -1.59. The Labute approximate surface area is 119 Å². The first-order chi connectivity index (χ1) is 9.15. The molecule has 0 unspecified atom stereocenters. The molecule has 6 heteroatoms. The van der Waals surface area contributed by atoms with Crippen LogP contribution in [0.3, 0.4) is 0 Å². The highest BCUT2D eigenvalue weighted by Crippen LogP contribution is 2.23. The number of rotatable bonds is 6. The van der Waals surface area contributed by atoms with Gasteiger partial charge >= 0.3 is 5.97 Å². The van der Waals surface area contributed by atoms with Crippen molar-refractivity contribution in [2.45, 2.75) is 12.8 Å². The van der Waals surface area contributed by atoms with Crippen LogP contribution in [-0.2, 0) is 17.6 Å². The molecule has 0 saturated heterocycles. The number of ether oxygens (including phenoxy) is 1. The van der Waals surface area contributed by atoms with Gasteiger partial charge in [-0.05, 0) is 12.1 Å². The van der Waals surface area contributed by atoms with E-state index in [4.69, 9.17) is 21.4 Å². The SMILES string of the molecule is O=C(O)Cc1csc(CCOc2ccccc2Cl)n1. The van der Waals surface area contributed by atoms with Crippen molar-refractivity contribution >= 4 is 28.9 Å². The third-order valence-corrected chi connectivity index (χ3v) is 3.61. The van der Waals surface area contributed by atoms with Crippen LogP contribution >= 0.6 is 22.9 Å². The van der Waals surface area contributed by atoms with Crippen molar-refractivity contribution in [3.05, 3.63) is 45.4 Å². The number of carboxylic acid groups (broad SMARTS) is 1. The van der Waals surface area contributed by atoms with Gasteiger partial charge in [0.25, 0.3) is 0 Å². The summed E-state index contributed by atoms with van der Waals surface area (Å²) in [5.74, 6) is -0.226. The summed E-state index contributed by atoms with van der Waals surface area (Å²) in [4.78, 5) is 14.8. The number of halogens is 1. The topological polar surface area (TPSA) is 59.4 Å². The second-order valence-electron chi connectivity index (χ2n) is 3.83. The van der Waals surface area contributed by atoms with Gasteiger partial charge in [0.05, 0.1) is 28.8 Å². The van der Waals surface area contributed by atoms with E-state index in [1.165, 1.54) is 11.3 Å². The van der Waals surface area contributed by atoms with Crippen LogP contribution in [0.1, 0.15) is 10.7 Å². The number of hydrogen-bond donors (Lipinski definition) is 1. The van der Waals surface area contributed by atoms with Crippen LogP contribution in [-0.4, -0.2) is 22.7 Å². The van der Waals surface area contributed by atoms with Crippen molar-refractivity contribution in [2.24, 2.45) is 0 Å². The van der Waals surface area contributed by atoms with E-state index in [-0.39, 0.29) is 6.42 Å². The number of hydrogen-bond acceptors (Lipinski definition) is 4. The lowest BCUT2D eigenvalue weighted by Gasteiger charge is -2.06. The molecule has 19 heavy (non-hydrogen) atoms. The maximum absolute atomic E-state index is 10.5. The highest BCUT2D eigenvalue weighted by Gasteiger charge is 2.06. The van der Waals surface area contributed by atoms with E-state index < -0.39 is 5.97 Å². The van der Waals surface area contributed by atoms with Crippen LogP contribution in [0.15, 0.2) is 29.6 Å². The largest absolute Gasteiger partial charge is 0.492 e. The summed E-state index contributed by atoms with van der Waals surface area (Å²) in [6, 6.07) is 7.27. The zero-order chi connectivity index (χ0) is 13.7. The van der Waals surface area contributed by atoms with Crippen LogP contribution in [0.25, 0.3) is 0 Å². The zero-order valence-corrected chi connectivity index (χ0v) is 11.6. The van der Waals surface area contributed by atoms with E-state index in [0.29, 0.717) is 29.5 Å². The molecule has 1 heterocycles. The van der Waals surface area contributed by atoms with Crippen LogP contribution in [0.2, 0.25) is 5.02 Å². The molecule has 0 fully saturated rings. The molecule has 1 aromatic heterocycles. The van der Waals surface area contributed by atoms with E-state index >= 15 is 0 Å². The quantitative estimate of drug-likeness (QED) is 0.890. The molecule has 100 valence electrons. The lowest BCUT2D eigenvalue weighted by Crippen LogP contribution is -2.03. The molecule has 2 aromatic rings. The van der Waals surface area contributed by atoms with Crippen molar-refractivity contribution in [3.8, 4) is 5.75 Å². The maximum Gasteiger partial charge on any atom is 0.309 e. The molecule has 0 saturated carbocycles. The number of carbonyl (C=O) groups is 1. The predicted octanol–water partition coefficient (Wildman–Crippen LogP) is 3.05. The second kappa shape index (κ2) is 6.54. The Morgan fingerprint density at radius 3 is 2.95 bits per heavy atom. The van der Waals surface area contributed by atoms with Gasteiger partial charge in [0.1, 0.15) is 5.75 Å². The molecule has 0 aliphatic heterocycles. The van der Waals surface area contributed by atoms with Gasteiger partial charge in [0.15, 0.2) is 0 Å². The predicted molar refractivity (Wildman–Crippen MR) is 74.1 cm³/mol. The first-order valence-electron chi connectivity index (χ1n) is 5.67. The van der Waals surface area contributed by atoms with Gasteiger partial charge < -0.3 is 9.84 Å². The zero-order valence-electron chi connectivity index (χ0n) is 10.0. The summed E-state index contributed by atoms with van der Waals surface area (Å²) in [5, 5.41) is 11.9. The lowest BCUT2D eigenvalue weighted by molar-refractivity contribution is -0.136. The second-order valence-corrected chi connectivity index (χ2v) is 5.18. The fourth-order valence-electron chi connectivity index (χ4n) is 1.51. The minimum absolute atomic E-state index is 0.0398. The standard InChI is InChI=1S/C13H12ClNO3S/c14-10-3-1-2-4-11(10)18-6-5-12-15-9(8-19-12)7-13(16)17/h1-4,8H,5-7H2,(H,16,17). The minimum atomic E-state index is -0.871. The Balaban J connectivity index is 1.84. The fraction of sp³-hybridized carbons (Fsp3) is 0.231. The van der Waals surface area contributed by atoms with E-state index in [1.807, 2.05) is 12.1 Å². The first kappa shape index (κ1) is 13.8. The lowest BCUT2D eigenvalue weighted by atomic mass is 10.3.